The zero-order valence-electron chi connectivity index (χ0n) is 10.7. The number of nitrogens with zero attached hydrogens (tertiary/aromatic N) is 1. The molecular formula is C15H19NO2. The third kappa shape index (κ3) is 2.56. The smallest absolute Gasteiger partial charge is 0.135 e. The summed E-state index contributed by atoms with van der Waals surface area (Å²) in [6.45, 7) is 3.76. The van der Waals surface area contributed by atoms with Gasteiger partial charge in [0.15, 0.2) is 0 Å². The average Bonchev–Trinajstić information content (AvgIpc) is 2.85. The quantitative estimate of drug-likeness (QED) is 0.813. The van der Waals surface area contributed by atoms with Crippen molar-refractivity contribution >= 4 is 5.78 Å². The van der Waals surface area contributed by atoms with Crippen LogP contribution in [-0.4, -0.2) is 36.9 Å². The van der Waals surface area contributed by atoms with Crippen LogP contribution in [0, 0.1) is 0 Å². The van der Waals surface area contributed by atoms with E-state index in [0.29, 0.717) is 5.78 Å². The molecule has 0 radical (unpaired) electrons. The third-order valence-electron chi connectivity index (χ3n) is 3.88. The molecule has 3 heteroatoms. The monoisotopic (exact) mass is 245 g/mol. The van der Waals surface area contributed by atoms with Crippen LogP contribution in [0.1, 0.15) is 24.0 Å². The van der Waals surface area contributed by atoms with E-state index in [2.05, 4.69) is 23.1 Å². The van der Waals surface area contributed by atoms with E-state index in [1.54, 1.807) is 0 Å². The summed E-state index contributed by atoms with van der Waals surface area (Å²) >= 11 is 0. The van der Waals surface area contributed by atoms with Crippen LogP contribution in [0.25, 0.3) is 0 Å². The Bertz CT molecular complexity index is 446. The Morgan fingerprint density at radius 1 is 1.17 bits per heavy atom. The van der Waals surface area contributed by atoms with Crippen molar-refractivity contribution in [2.75, 3.05) is 26.2 Å². The topological polar surface area (TPSA) is 29.5 Å². The fourth-order valence-corrected chi connectivity index (χ4v) is 2.71. The van der Waals surface area contributed by atoms with Crippen LogP contribution in [0.2, 0.25) is 0 Å². The summed E-state index contributed by atoms with van der Waals surface area (Å²) in [7, 11) is 0. The number of piperidine rings is 1. The highest BCUT2D eigenvalue weighted by Gasteiger charge is 2.16. The molecular weight excluding hydrogens is 226 g/mol. The summed E-state index contributed by atoms with van der Waals surface area (Å²) in [5.74, 6) is 1.48. The average molecular weight is 245 g/mol. The summed E-state index contributed by atoms with van der Waals surface area (Å²) in [5, 5.41) is 0. The number of carbonyl (C=O) groups is 1. The first-order valence-corrected chi connectivity index (χ1v) is 6.80. The van der Waals surface area contributed by atoms with Gasteiger partial charge in [-0.3, -0.25) is 4.79 Å². The van der Waals surface area contributed by atoms with E-state index in [1.807, 2.05) is 0 Å². The SMILES string of the molecule is O=C1CCN(CCc2ccc3c(c2)CCO3)CC1. The van der Waals surface area contributed by atoms with Gasteiger partial charge < -0.3 is 9.64 Å². The van der Waals surface area contributed by atoms with Crippen molar-refractivity contribution in [2.24, 2.45) is 0 Å². The number of fused-ring (bicyclic) bond motifs is 1. The van der Waals surface area contributed by atoms with E-state index in [4.69, 9.17) is 4.74 Å². The largest absolute Gasteiger partial charge is 0.493 e. The first kappa shape index (κ1) is 11.7. The number of Topliss-reactive ketones (excluding diaryl/α,β-unsaturated/α-hetero) is 1. The predicted octanol–water partition coefficient (Wildman–Crippen LogP) is 1.83. The molecule has 0 saturated carbocycles. The van der Waals surface area contributed by atoms with Crippen molar-refractivity contribution in [3.8, 4) is 5.75 Å². The number of carbonyl (C=O) groups excluding carboxylic acids is 1. The standard InChI is InChI=1S/C15H19NO2/c17-14-4-8-16(9-5-14)7-3-12-1-2-15-13(11-12)6-10-18-15/h1-2,11H,3-10H2. The van der Waals surface area contributed by atoms with Crippen LogP contribution in [-0.2, 0) is 17.6 Å². The molecule has 3 rings (SSSR count). The zero-order chi connectivity index (χ0) is 12.4. The molecule has 0 atom stereocenters. The minimum atomic E-state index is 0.418. The number of ketones is 1. The fourth-order valence-electron chi connectivity index (χ4n) is 2.71. The normalized spacial score (nSPS) is 19.7. The highest BCUT2D eigenvalue weighted by molar-refractivity contribution is 5.79. The van der Waals surface area contributed by atoms with Crippen molar-refractivity contribution in [3.05, 3.63) is 29.3 Å². The number of hydrogen-bond donors (Lipinski definition) is 0. The minimum Gasteiger partial charge on any atom is -0.493 e. The van der Waals surface area contributed by atoms with Crippen LogP contribution >= 0.6 is 0 Å². The maximum absolute atomic E-state index is 11.2. The second-order valence-electron chi connectivity index (χ2n) is 5.17. The molecule has 1 saturated heterocycles. The van der Waals surface area contributed by atoms with Gasteiger partial charge in [-0.1, -0.05) is 12.1 Å². The van der Waals surface area contributed by atoms with Crippen LogP contribution in [0.15, 0.2) is 18.2 Å². The van der Waals surface area contributed by atoms with Crippen molar-refractivity contribution in [1.29, 1.82) is 0 Å². The van der Waals surface area contributed by atoms with E-state index in [0.717, 1.165) is 57.7 Å². The van der Waals surface area contributed by atoms with Gasteiger partial charge >= 0.3 is 0 Å². The molecule has 2 heterocycles. The van der Waals surface area contributed by atoms with E-state index in [-0.39, 0.29) is 0 Å². The van der Waals surface area contributed by atoms with Gasteiger partial charge in [-0.2, -0.15) is 0 Å². The predicted molar refractivity (Wildman–Crippen MR) is 70.0 cm³/mol. The van der Waals surface area contributed by atoms with Gasteiger partial charge in [0.25, 0.3) is 0 Å². The molecule has 1 aromatic rings. The number of benzene rings is 1. The molecule has 18 heavy (non-hydrogen) atoms. The molecule has 0 amide bonds. The highest BCUT2D eigenvalue weighted by Crippen LogP contribution is 2.26. The van der Waals surface area contributed by atoms with E-state index in [9.17, 15) is 4.79 Å². The molecule has 2 aliphatic rings. The third-order valence-corrected chi connectivity index (χ3v) is 3.88. The Morgan fingerprint density at radius 3 is 2.83 bits per heavy atom. The second-order valence-corrected chi connectivity index (χ2v) is 5.17. The maximum atomic E-state index is 11.2. The summed E-state index contributed by atoms with van der Waals surface area (Å²) in [6, 6.07) is 6.54. The van der Waals surface area contributed by atoms with Crippen molar-refractivity contribution in [3.63, 3.8) is 0 Å². The maximum Gasteiger partial charge on any atom is 0.135 e. The van der Waals surface area contributed by atoms with Crippen molar-refractivity contribution in [2.45, 2.75) is 25.7 Å². The summed E-state index contributed by atoms with van der Waals surface area (Å²) in [5.41, 5.74) is 2.73. The Morgan fingerprint density at radius 2 is 2.00 bits per heavy atom. The van der Waals surface area contributed by atoms with E-state index >= 15 is 0 Å². The van der Waals surface area contributed by atoms with Crippen LogP contribution in [0.5, 0.6) is 5.75 Å². The molecule has 3 nitrogen and oxygen atoms in total. The van der Waals surface area contributed by atoms with Crippen molar-refractivity contribution in [1.82, 2.24) is 4.90 Å². The van der Waals surface area contributed by atoms with Crippen molar-refractivity contribution < 1.29 is 9.53 Å². The zero-order valence-corrected chi connectivity index (χ0v) is 10.7. The van der Waals surface area contributed by atoms with Gasteiger partial charge in [-0.15, -0.1) is 0 Å². The molecule has 1 fully saturated rings. The Hall–Kier alpha value is -1.35. The first-order chi connectivity index (χ1) is 8.81. The minimum absolute atomic E-state index is 0.418. The van der Waals surface area contributed by atoms with E-state index < -0.39 is 0 Å². The van der Waals surface area contributed by atoms with Gasteiger partial charge in [0, 0.05) is 38.9 Å². The number of rotatable bonds is 3. The first-order valence-electron chi connectivity index (χ1n) is 6.80. The molecule has 0 spiro atoms. The van der Waals surface area contributed by atoms with Crippen LogP contribution < -0.4 is 4.74 Å². The molecule has 2 aliphatic heterocycles. The number of hydrogen-bond acceptors (Lipinski definition) is 3. The lowest BCUT2D eigenvalue weighted by atomic mass is 10.0. The molecule has 1 aromatic carbocycles. The molecule has 0 bridgehead atoms. The number of likely N-dealkylation sites (tertiary alicyclic amines) is 1. The van der Waals surface area contributed by atoms with Gasteiger partial charge in [-0.25, -0.2) is 0 Å². The Kier molecular flexibility index (Phi) is 3.33. The molecule has 96 valence electrons. The van der Waals surface area contributed by atoms with Gasteiger partial charge in [0.2, 0.25) is 0 Å². The van der Waals surface area contributed by atoms with Crippen LogP contribution in [0.3, 0.4) is 0 Å². The summed E-state index contributed by atoms with van der Waals surface area (Å²) in [6.07, 6.45) is 3.58. The lowest BCUT2D eigenvalue weighted by molar-refractivity contribution is -0.121. The Labute approximate surface area is 108 Å². The second kappa shape index (κ2) is 5.11. The highest BCUT2D eigenvalue weighted by atomic mass is 16.5. The summed E-state index contributed by atoms with van der Waals surface area (Å²) in [4.78, 5) is 13.6. The van der Waals surface area contributed by atoms with Crippen LogP contribution in [0.4, 0.5) is 0 Å². The Balaban J connectivity index is 1.55. The molecule has 0 unspecified atom stereocenters. The number of ether oxygens (including phenoxy) is 1. The van der Waals surface area contributed by atoms with E-state index in [1.165, 1.54) is 11.1 Å². The summed E-state index contributed by atoms with van der Waals surface area (Å²) < 4.78 is 5.51. The van der Waals surface area contributed by atoms with Gasteiger partial charge in [0.05, 0.1) is 6.61 Å². The lowest BCUT2D eigenvalue weighted by Gasteiger charge is -2.25. The molecule has 0 aliphatic carbocycles. The molecule has 0 aromatic heterocycles. The van der Waals surface area contributed by atoms with Gasteiger partial charge in [0.1, 0.15) is 11.5 Å². The fraction of sp³-hybridized carbons (Fsp3) is 0.533. The lowest BCUT2D eigenvalue weighted by Crippen LogP contribution is -2.35. The van der Waals surface area contributed by atoms with Gasteiger partial charge in [-0.05, 0) is 23.6 Å². The molecule has 0 N–H and O–H groups in total.